The van der Waals surface area contributed by atoms with Gasteiger partial charge in [-0.2, -0.15) is 0 Å². The van der Waals surface area contributed by atoms with E-state index in [0.717, 1.165) is 18.4 Å². The van der Waals surface area contributed by atoms with Crippen molar-refractivity contribution in [3.63, 3.8) is 0 Å². The summed E-state index contributed by atoms with van der Waals surface area (Å²) in [6.07, 6.45) is 5.14. The van der Waals surface area contributed by atoms with Crippen molar-refractivity contribution in [2.24, 2.45) is 0 Å². The normalized spacial score (nSPS) is 14.7. The summed E-state index contributed by atoms with van der Waals surface area (Å²) in [7, 11) is -0.883. The van der Waals surface area contributed by atoms with Crippen LogP contribution in [0.25, 0.3) is 0 Å². The van der Waals surface area contributed by atoms with Gasteiger partial charge in [-0.05, 0) is 67.0 Å². The second-order valence-corrected chi connectivity index (χ2v) is 8.97. The maximum Gasteiger partial charge on any atom is 0.254 e. The van der Waals surface area contributed by atoms with E-state index >= 15 is 0 Å². The zero-order valence-corrected chi connectivity index (χ0v) is 17.9. The van der Waals surface area contributed by atoms with E-state index in [0.29, 0.717) is 12.2 Å². The lowest BCUT2D eigenvalue weighted by atomic mass is 9.89. The van der Waals surface area contributed by atoms with Crippen LogP contribution in [0, 0.1) is 0 Å². The lowest BCUT2D eigenvalue weighted by molar-refractivity contribution is 0.0960. The first-order chi connectivity index (χ1) is 13.9. The number of rotatable bonds is 7. The number of hydrogen-bond acceptors (Lipinski definition) is 4. The molecule has 0 radical (unpaired) electrons. The minimum absolute atomic E-state index is 0.0355. The van der Waals surface area contributed by atoms with Gasteiger partial charge in [-0.3, -0.25) is 4.79 Å². The van der Waals surface area contributed by atoms with Crippen molar-refractivity contribution in [2.45, 2.75) is 50.0 Å². The molecule has 0 heterocycles. The predicted octanol–water partition coefficient (Wildman–Crippen LogP) is 3.36. The molecule has 2 N–H and O–H groups in total. The van der Waals surface area contributed by atoms with E-state index in [-0.39, 0.29) is 16.5 Å². The SMILES string of the molecule is CCC(NS(=O)(=O)c1ccc(OC)c(C(=O)NC)c1)c1ccc2c(c1)CCCC2. The first-order valence-electron chi connectivity index (χ1n) is 9.93. The Morgan fingerprint density at radius 1 is 1.10 bits per heavy atom. The lowest BCUT2D eigenvalue weighted by Gasteiger charge is -2.22. The molecule has 1 unspecified atom stereocenters. The number of nitrogens with one attached hydrogen (secondary N) is 2. The molecule has 1 atom stereocenters. The monoisotopic (exact) mass is 416 g/mol. The molecule has 2 aromatic carbocycles. The van der Waals surface area contributed by atoms with Gasteiger partial charge in [0.1, 0.15) is 5.75 Å². The third-order valence-corrected chi connectivity index (χ3v) is 6.90. The maximum atomic E-state index is 13.0. The summed E-state index contributed by atoms with van der Waals surface area (Å²) in [4.78, 5) is 12.1. The van der Waals surface area contributed by atoms with Crippen LogP contribution in [-0.2, 0) is 22.9 Å². The van der Waals surface area contributed by atoms with Gasteiger partial charge in [0.2, 0.25) is 10.0 Å². The van der Waals surface area contributed by atoms with Crippen LogP contribution in [0.4, 0.5) is 0 Å². The molecular weight excluding hydrogens is 388 g/mol. The summed E-state index contributed by atoms with van der Waals surface area (Å²) in [5.41, 5.74) is 3.83. The Morgan fingerprint density at radius 2 is 1.83 bits per heavy atom. The number of aryl methyl sites for hydroxylation is 2. The van der Waals surface area contributed by atoms with Gasteiger partial charge in [-0.1, -0.05) is 25.1 Å². The summed E-state index contributed by atoms with van der Waals surface area (Å²) >= 11 is 0. The van der Waals surface area contributed by atoms with Crippen LogP contribution in [-0.4, -0.2) is 28.5 Å². The van der Waals surface area contributed by atoms with Gasteiger partial charge in [0.05, 0.1) is 17.6 Å². The summed E-state index contributed by atoms with van der Waals surface area (Å²) in [6, 6.07) is 10.2. The van der Waals surface area contributed by atoms with E-state index in [4.69, 9.17) is 4.74 Å². The van der Waals surface area contributed by atoms with Gasteiger partial charge in [-0.25, -0.2) is 13.1 Å². The molecule has 6 nitrogen and oxygen atoms in total. The van der Waals surface area contributed by atoms with Crippen LogP contribution in [0.15, 0.2) is 41.3 Å². The van der Waals surface area contributed by atoms with E-state index in [9.17, 15) is 13.2 Å². The molecule has 0 aliphatic heterocycles. The van der Waals surface area contributed by atoms with Crippen LogP contribution >= 0.6 is 0 Å². The summed E-state index contributed by atoms with van der Waals surface area (Å²) in [5.74, 6) is -0.0781. The van der Waals surface area contributed by atoms with E-state index in [1.165, 1.54) is 56.3 Å². The van der Waals surface area contributed by atoms with Crippen LogP contribution in [0.2, 0.25) is 0 Å². The molecule has 1 aliphatic rings. The third-order valence-electron chi connectivity index (χ3n) is 5.43. The Morgan fingerprint density at radius 3 is 2.48 bits per heavy atom. The minimum atomic E-state index is -3.82. The average molecular weight is 417 g/mol. The van der Waals surface area contributed by atoms with Crippen molar-refractivity contribution in [3.8, 4) is 5.75 Å². The summed E-state index contributed by atoms with van der Waals surface area (Å²) in [6.45, 7) is 1.95. The highest BCUT2D eigenvalue weighted by Gasteiger charge is 2.24. The Kier molecular flexibility index (Phi) is 6.59. The summed E-state index contributed by atoms with van der Waals surface area (Å²) in [5, 5.41) is 2.51. The van der Waals surface area contributed by atoms with Crippen molar-refractivity contribution in [3.05, 3.63) is 58.7 Å². The molecule has 2 aromatic rings. The van der Waals surface area contributed by atoms with Gasteiger partial charge in [0, 0.05) is 13.1 Å². The van der Waals surface area contributed by atoms with Crippen LogP contribution < -0.4 is 14.8 Å². The van der Waals surface area contributed by atoms with Crippen LogP contribution in [0.1, 0.15) is 59.3 Å². The molecule has 3 rings (SSSR count). The Bertz CT molecular complexity index is 1000. The first kappa shape index (κ1) is 21.3. The Hall–Kier alpha value is -2.38. The standard InChI is InChI=1S/C22H28N2O4S/c1-4-20(17-10-9-15-7-5-6-8-16(15)13-17)24-29(26,27)18-11-12-21(28-3)19(14-18)22(25)23-2/h9-14,20,24H,4-8H2,1-3H3,(H,23,25). The Labute approximate surface area is 172 Å². The molecule has 1 aliphatic carbocycles. The lowest BCUT2D eigenvalue weighted by Crippen LogP contribution is -2.29. The number of methoxy groups -OCH3 is 1. The molecule has 7 heteroatoms. The van der Waals surface area contributed by atoms with E-state index in [1.807, 2.05) is 13.0 Å². The number of ether oxygens (including phenoxy) is 1. The molecule has 0 fully saturated rings. The molecule has 0 saturated heterocycles. The van der Waals surface area contributed by atoms with Gasteiger partial charge in [0.15, 0.2) is 0 Å². The maximum absolute atomic E-state index is 13.0. The quantitative estimate of drug-likeness (QED) is 0.725. The molecule has 0 aromatic heterocycles. The number of carbonyl (C=O) groups excluding carboxylic acids is 1. The van der Waals surface area contributed by atoms with Gasteiger partial charge in [0.25, 0.3) is 5.91 Å². The zero-order valence-electron chi connectivity index (χ0n) is 17.1. The molecule has 0 bridgehead atoms. The van der Waals surface area contributed by atoms with E-state index < -0.39 is 15.9 Å². The topological polar surface area (TPSA) is 84.5 Å². The van der Waals surface area contributed by atoms with E-state index in [2.05, 4.69) is 22.2 Å². The van der Waals surface area contributed by atoms with Crippen LogP contribution in [0.5, 0.6) is 5.75 Å². The van der Waals surface area contributed by atoms with Gasteiger partial charge < -0.3 is 10.1 Å². The highest BCUT2D eigenvalue weighted by molar-refractivity contribution is 7.89. The summed E-state index contributed by atoms with van der Waals surface area (Å²) < 4.78 is 34.1. The minimum Gasteiger partial charge on any atom is -0.496 e. The zero-order chi connectivity index (χ0) is 21.0. The Balaban J connectivity index is 1.90. The van der Waals surface area contributed by atoms with Crippen molar-refractivity contribution in [2.75, 3.05) is 14.2 Å². The van der Waals surface area contributed by atoms with Crippen molar-refractivity contribution < 1.29 is 17.9 Å². The number of amides is 1. The van der Waals surface area contributed by atoms with Crippen molar-refractivity contribution in [1.29, 1.82) is 0 Å². The van der Waals surface area contributed by atoms with Gasteiger partial charge in [-0.15, -0.1) is 0 Å². The predicted molar refractivity (Wildman–Crippen MR) is 113 cm³/mol. The first-order valence-corrected chi connectivity index (χ1v) is 11.4. The second-order valence-electron chi connectivity index (χ2n) is 7.26. The fourth-order valence-electron chi connectivity index (χ4n) is 3.78. The molecule has 0 spiro atoms. The average Bonchev–Trinajstić information content (AvgIpc) is 2.76. The molecule has 29 heavy (non-hydrogen) atoms. The van der Waals surface area contributed by atoms with Gasteiger partial charge >= 0.3 is 0 Å². The largest absolute Gasteiger partial charge is 0.496 e. The fourth-order valence-corrected chi connectivity index (χ4v) is 5.11. The smallest absolute Gasteiger partial charge is 0.254 e. The highest BCUT2D eigenvalue weighted by atomic mass is 32.2. The molecular formula is C22H28N2O4S. The molecule has 1 amide bonds. The number of carbonyl (C=O) groups is 1. The number of hydrogen-bond donors (Lipinski definition) is 2. The van der Waals surface area contributed by atoms with Crippen LogP contribution in [0.3, 0.4) is 0 Å². The highest BCUT2D eigenvalue weighted by Crippen LogP contribution is 2.28. The molecule has 0 saturated carbocycles. The third kappa shape index (κ3) is 4.62. The van der Waals surface area contributed by atoms with Crippen molar-refractivity contribution >= 4 is 15.9 Å². The number of fused-ring (bicyclic) bond motifs is 1. The fraction of sp³-hybridized carbons (Fsp3) is 0.409. The van der Waals surface area contributed by atoms with E-state index in [1.54, 1.807) is 0 Å². The van der Waals surface area contributed by atoms with Crippen molar-refractivity contribution in [1.82, 2.24) is 10.0 Å². The number of benzene rings is 2. The second kappa shape index (κ2) is 8.97. The molecule has 156 valence electrons. The number of sulfonamides is 1.